The first-order chi connectivity index (χ1) is 17.1. The van der Waals surface area contributed by atoms with Crippen LogP contribution in [0.4, 0.5) is 5.69 Å². The molecule has 0 fully saturated rings. The number of nitrogens with one attached hydrogen (secondary N) is 1. The van der Waals surface area contributed by atoms with Gasteiger partial charge in [-0.3, -0.25) is 9.59 Å². The van der Waals surface area contributed by atoms with E-state index in [9.17, 15) is 9.59 Å². The Hall–Kier alpha value is -3.90. The number of aromatic nitrogens is 4. The Bertz CT molecular complexity index is 1420. The van der Waals surface area contributed by atoms with Gasteiger partial charge in [-0.1, -0.05) is 48.5 Å². The van der Waals surface area contributed by atoms with Crippen molar-refractivity contribution in [3.63, 3.8) is 0 Å². The van der Waals surface area contributed by atoms with Gasteiger partial charge in [0, 0.05) is 17.9 Å². The molecule has 0 aliphatic carbocycles. The maximum atomic E-state index is 13.3. The number of nitrogens with zero attached hydrogens (tertiary/aromatic N) is 5. The van der Waals surface area contributed by atoms with Gasteiger partial charge in [-0.15, -0.1) is 5.10 Å². The number of hydrogen-bond donors (Lipinski definition) is 1. The van der Waals surface area contributed by atoms with Gasteiger partial charge >= 0.3 is 0 Å². The summed E-state index contributed by atoms with van der Waals surface area (Å²) in [6.45, 7) is 0.762. The van der Waals surface area contributed by atoms with Crippen molar-refractivity contribution in [3.05, 3.63) is 76.2 Å². The van der Waals surface area contributed by atoms with E-state index in [1.54, 1.807) is 12.1 Å². The normalized spacial score (nSPS) is 13.1. The van der Waals surface area contributed by atoms with Crippen molar-refractivity contribution < 1.29 is 4.79 Å². The van der Waals surface area contributed by atoms with Crippen LogP contribution in [0.1, 0.15) is 30.5 Å². The predicted octanol–water partition coefficient (Wildman–Crippen LogP) is 4.06. The molecule has 0 bridgehead atoms. The summed E-state index contributed by atoms with van der Waals surface area (Å²) < 4.78 is 3.52. The summed E-state index contributed by atoms with van der Waals surface area (Å²) in [5.74, 6) is 0.455. The largest absolute Gasteiger partial charge is 0.325 e. The topological polar surface area (TPSA) is 106 Å². The molecule has 0 aromatic heterocycles. The minimum Gasteiger partial charge on any atom is -0.325 e. The summed E-state index contributed by atoms with van der Waals surface area (Å²) in [6.07, 6.45) is 4.20. The van der Waals surface area contributed by atoms with Crippen molar-refractivity contribution in [2.45, 2.75) is 43.8 Å². The molecule has 2 aromatic carbocycles. The molecule has 3 heterocycles. The lowest BCUT2D eigenvalue weighted by molar-refractivity contribution is -0.113. The number of thioether (sulfide) groups is 1. The van der Waals surface area contributed by atoms with Crippen molar-refractivity contribution in [2.24, 2.45) is 0 Å². The molecule has 176 valence electrons. The average Bonchev–Trinajstić information content (AvgIpc) is 3.04. The number of carbonyl (C=O) groups is 1. The van der Waals surface area contributed by atoms with Crippen molar-refractivity contribution >= 4 is 23.4 Å². The monoisotopic (exact) mass is 484 g/mol. The van der Waals surface area contributed by atoms with Gasteiger partial charge in [0.05, 0.1) is 23.9 Å². The van der Waals surface area contributed by atoms with Crippen LogP contribution in [0.15, 0.2) is 64.5 Å². The van der Waals surface area contributed by atoms with E-state index in [2.05, 4.69) is 21.1 Å². The third kappa shape index (κ3) is 4.84. The molecule has 0 saturated heterocycles. The summed E-state index contributed by atoms with van der Waals surface area (Å²) in [4.78, 5) is 30.7. The first-order valence-corrected chi connectivity index (χ1v) is 12.6. The number of amides is 1. The molecule has 9 heteroatoms. The third-order valence-corrected chi connectivity index (χ3v) is 7.00. The molecule has 1 N–H and O–H groups in total. The second-order valence-electron chi connectivity index (χ2n) is 8.42. The summed E-state index contributed by atoms with van der Waals surface area (Å²) >= 11 is 1.35. The van der Waals surface area contributed by atoms with E-state index in [1.807, 2.05) is 42.5 Å². The molecule has 3 aliphatic heterocycles. The molecule has 0 radical (unpaired) electrons. The van der Waals surface area contributed by atoms with Crippen LogP contribution in [0.25, 0.3) is 17.1 Å². The Balaban J connectivity index is 1.42. The minimum absolute atomic E-state index is 0.146. The SMILES string of the molecule is N#CCc1ccc(NC(=O)CSc2nc3nn(-c4ccccc4)c(=O)c-3c3n2CCCCC3)cc1. The van der Waals surface area contributed by atoms with E-state index in [-0.39, 0.29) is 17.2 Å². The van der Waals surface area contributed by atoms with Gasteiger partial charge in [-0.2, -0.15) is 9.94 Å². The maximum absolute atomic E-state index is 13.3. The predicted molar refractivity (Wildman–Crippen MR) is 135 cm³/mol. The molecule has 3 aliphatic rings. The van der Waals surface area contributed by atoms with Crippen LogP contribution < -0.4 is 10.9 Å². The second kappa shape index (κ2) is 10.2. The molecule has 8 nitrogen and oxygen atoms in total. The lowest BCUT2D eigenvalue weighted by Gasteiger charge is -2.17. The van der Waals surface area contributed by atoms with Crippen molar-refractivity contribution in [1.82, 2.24) is 19.3 Å². The summed E-state index contributed by atoms with van der Waals surface area (Å²) in [7, 11) is 0. The number of hydrogen-bond acceptors (Lipinski definition) is 6. The van der Waals surface area contributed by atoms with Gasteiger partial charge in [-0.25, -0.2) is 4.98 Å². The van der Waals surface area contributed by atoms with E-state index in [1.165, 1.54) is 16.4 Å². The number of para-hydroxylation sites is 1. The van der Waals surface area contributed by atoms with Crippen molar-refractivity contribution in [3.8, 4) is 23.1 Å². The minimum atomic E-state index is -0.154. The zero-order valence-electron chi connectivity index (χ0n) is 19.1. The first kappa shape index (κ1) is 22.9. The third-order valence-electron chi connectivity index (χ3n) is 6.02. The fourth-order valence-corrected chi connectivity index (χ4v) is 5.17. The van der Waals surface area contributed by atoms with E-state index in [0.29, 0.717) is 34.3 Å². The number of anilines is 1. The summed E-state index contributed by atoms with van der Waals surface area (Å²) in [6, 6.07) is 18.7. The molecule has 5 rings (SSSR count). The number of carbonyl (C=O) groups excluding carboxylic acids is 1. The summed E-state index contributed by atoms with van der Waals surface area (Å²) in [5.41, 5.74) is 3.67. The molecule has 35 heavy (non-hydrogen) atoms. The molecule has 1 amide bonds. The Kier molecular flexibility index (Phi) is 6.64. The number of fused-ring (bicyclic) bond motifs is 3. The first-order valence-electron chi connectivity index (χ1n) is 11.6. The van der Waals surface area contributed by atoms with Crippen LogP contribution in [0.3, 0.4) is 0 Å². The maximum Gasteiger partial charge on any atom is 0.284 e. The molecular weight excluding hydrogens is 460 g/mol. The lowest BCUT2D eigenvalue weighted by atomic mass is 10.1. The fourth-order valence-electron chi connectivity index (χ4n) is 4.33. The molecule has 0 spiro atoms. The van der Waals surface area contributed by atoms with Crippen LogP contribution in [0.5, 0.6) is 0 Å². The van der Waals surface area contributed by atoms with Crippen LogP contribution in [0, 0.1) is 11.3 Å². The van der Waals surface area contributed by atoms with Gasteiger partial charge in [0.2, 0.25) is 5.91 Å². The Morgan fingerprint density at radius 3 is 2.66 bits per heavy atom. The van der Waals surface area contributed by atoms with Gasteiger partial charge < -0.3 is 9.88 Å². The number of benzene rings is 2. The van der Waals surface area contributed by atoms with Crippen LogP contribution >= 0.6 is 11.8 Å². The number of rotatable bonds is 6. The van der Waals surface area contributed by atoms with Gasteiger partial charge in [-0.05, 0) is 49.1 Å². The highest BCUT2D eigenvalue weighted by Crippen LogP contribution is 2.30. The molecule has 0 saturated carbocycles. The van der Waals surface area contributed by atoms with Crippen LogP contribution in [-0.2, 0) is 24.2 Å². The van der Waals surface area contributed by atoms with E-state index in [0.717, 1.165) is 43.5 Å². The summed E-state index contributed by atoms with van der Waals surface area (Å²) in [5, 5.41) is 16.9. The van der Waals surface area contributed by atoms with Crippen LogP contribution in [-0.4, -0.2) is 31.0 Å². The second-order valence-corrected chi connectivity index (χ2v) is 9.37. The van der Waals surface area contributed by atoms with Crippen LogP contribution in [0.2, 0.25) is 0 Å². The standard InChI is InChI=1S/C26H24N6O2S/c27-15-14-18-10-12-19(13-11-18)28-22(33)17-35-26-29-24-23(21-9-5-2-6-16-31(21)26)25(34)32(30-24)20-7-3-1-4-8-20/h1,3-4,7-8,10-13H,2,5-6,9,14,16-17H2,(H,28,33). The van der Waals surface area contributed by atoms with Gasteiger partial charge in [0.15, 0.2) is 11.0 Å². The molecular formula is C26H24N6O2S. The van der Waals surface area contributed by atoms with Gasteiger partial charge in [0.1, 0.15) is 5.56 Å². The highest BCUT2D eigenvalue weighted by molar-refractivity contribution is 7.99. The number of nitriles is 1. The molecule has 0 atom stereocenters. The molecule has 0 unspecified atom stereocenters. The Labute approximate surface area is 207 Å². The van der Waals surface area contributed by atoms with E-state index in [4.69, 9.17) is 10.2 Å². The van der Waals surface area contributed by atoms with Crippen molar-refractivity contribution in [2.75, 3.05) is 11.1 Å². The zero-order valence-corrected chi connectivity index (χ0v) is 19.9. The van der Waals surface area contributed by atoms with E-state index >= 15 is 0 Å². The van der Waals surface area contributed by atoms with Crippen molar-refractivity contribution in [1.29, 1.82) is 5.26 Å². The quantitative estimate of drug-likeness (QED) is 0.327. The highest BCUT2D eigenvalue weighted by atomic mass is 32.2. The average molecular weight is 485 g/mol. The fraction of sp³-hybridized carbons (Fsp3) is 0.269. The lowest BCUT2D eigenvalue weighted by Crippen LogP contribution is -2.20. The van der Waals surface area contributed by atoms with E-state index < -0.39 is 0 Å². The van der Waals surface area contributed by atoms with Gasteiger partial charge in [0.25, 0.3) is 5.56 Å². The Morgan fingerprint density at radius 2 is 1.89 bits per heavy atom. The smallest absolute Gasteiger partial charge is 0.284 e. The molecule has 2 aromatic rings. The highest BCUT2D eigenvalue weighted by Gasteiger charge is 2.27. The Morgan fingerprint density at radius 1 is 1.09 bits per heavy atom. The zero-order chi connectivity index (χ0) is 24.2.